The van der Waals surface area contributed by atoms with Crippen LogP contribution in [0.4, 0.5) is 4.39 Å². The molecule has 19 heavy (non-hydrogen) atoms. The lowest BCUT2D eigenvalue weighted by Crippen LogP contribution is -2.38. The minimum atomic E-state index is -0.190. The lowest BCUT2D eigenvalue weighted by molar-refractivity contribution is 0.626. The Morgan fingerprint density at radius 1 is 1.11 bits per heavy atom. The number of hydrogen-bond acceptors (Lipinski definition) is 1. The summed E-state index contributed by atoms with van der Waals surface area (Å²) in [7, 11) is 1.77. The third-order valence-corrected chi connectivity index (χ3v) is 2.92. The van der Waals surface area contributed by atoms with E-state index < -0.39 is 0 Å². The number of unbranched alkanes of at least 4 members (excludes halogenated alkanes) is 2. The van der Waals surface area contributed by atoms with Crippen LogP contribution in [0.2, 0.25) is 0 Å². The van der Waals surface area contributed by atoms with Crippen LogP contribution in [0.25, 0.3) is 0 Å². The second-order valence-electron chi connectivity index (χ2n) is 4.51. The molecule has 0 saturated carbocycles. The van der Waals surface area contributed by atoms with E-state index in [1.807, 2.05) is 12.1 Å². The standard InChI is InChI=1S/C15H24FN3/c1-3-4-5-11-18-15(17-2)19-12-10-13-6-8-14(16)9-7-13/h6-9H,3-5,10-12H2,1-2H3,(H2,17,18,19). The molecule has 0 radical (unpaired) electrons. The van der Waals surface area contributed by atoms with E-state index in [4.69, 9.17) is 0 Å². The number of halogens is 1. The van der Waals surface area contributed by atoms with Crippen molar-refractivity contribution in [1.82, 2.24) is 10.6 Å². The second kappa shape index (κ2) is 9.36. The molecule has 4 heteroatoms. The van der Waals surface area contributed by atoms with E-state index in [1.54, 1.807) is 7.05 Å². The molecule has 1 aromatic carbocycles. The average molecular weight is 265 g/mol. The number of nitrogens with zero attached hydrogens (tertiary/aromatic N) is 1. The van der Waals surface area contributed by atoms with Crippen LogP contribution in [0.15, 0.2) is 29.3 Å². The smallest absolute Gasteiger partial charge is 0.190 e. The summed E-state index contributed by atoms with van der Waals surface area (Å²) in [6.07, 6.45) is 4.48. The molecule has 0 aliphatic heterocycles. The minimum Gasteiger partial charge on any atom is -0.356 e. The van der Waals surface area contributed by atoms with Crippen molar-refractivity contribution in [3.63, 3.8) is 0 Å². The van der Waals surface area contributed by atoms with Gasteiger partial charge in [0.1, 0.15) is 5.82 Å². The predicted molar refractivity (Wildman–Crippen MR) is 79.0 cm³/mol. The molecule has 106 valence electrons. The number of hydrogen-bond donors (Lipinski definition) is 2. The maximum atomic E-state index is 12.7. The van der Waals surface area contributed by atoms with E-state index in [9.17, 15) is 4.39 Å². The second-order valence-corrected chi connectivity index (χ2v) is 4.51. The molecular formula is C15H24FN3. The molecule has 1 rings (SSSR count). The van der Waals surface area contributed by atoms with Gasteiger partial charge in [0.15, 0.2) is 5.96 Å². The molecule has 0 atom stereocenters. The van der Waals surface area contributed by atoms with Crippen LogP contribution in [0.3, 0.4) is 0 Å². The molecule has 0 unspecified atom stereocenters. The van der Waals surface area contributed by atoms with Gasteiger partial charge in [-0.25, -0.2) is 4.39 Å². The van der Waals surface area contributed by atoms with Crippen LogP contribution in [-0.4, -0.2) is 26.1 Å². The Morgan fingerprint density at radius 2 is 1.79 bits per heavy atom. The predicted octanol–water partition coefficient (Wildman–Crippen LogP) is 2.72. The quantitative estimate of drug-likeness (QED) is 0.452. The first-order chi connectivity index (χ1) is 9.26. The summed E-state index contributed by atoms with van der Waals surface area (Å²) in [6.45, 7) is 3.93. The Labute approximate surface area is 115 Å². The Bertz CT molecular complexity index is 373. The zero-order valence-electron chi connectivity index (χ0n) is 11.9. The van der Waals surface area contributed by atoms with Gasteiger partial charge in [-0.3, -0.25) is 4.99 Å². The maximum Gasteiger partial charge on any atom is 0.190 e. The normalized spacial score (nSPS) is 11.4. The van der Waals surface area contributed by atoms with E-state index in [2.05, 4.69) is 22.5 Å². The number of rotatable bonds is 7. The van der Waals surface area contributed by atoms with Crippen molar-refractivity contribution in [3.8, 4) is 0 Å². The molecule has 2 N–H and O–H groups in total. The molecule has 0 aliphatic carbocycles. The van der Waals surface area contributed by atoms with Crippen LogP contribution in [0.5, 0.6) is 0 Å². The Kier molecular flexibility index (Phi) is 7.63. The van der Waals surface area contributed by atoms with Crippen molar-refractivity contribution in [3.05, 3.63) is 35.6 Å². The van der Waals surface area contributed by atoms with E-state index in [0.29, 0.717) is 0 Å². The van der Waals surface area contributed by atoms with Crippen LogP contribution in [-0.2, 0) is 6.42 Å². The van der Waals surface area contributed by atoms with Gasteiger partial charge in [0, 0.05) is 20.1 Å². The van der Waals surface area contributed by atoms with Gasteiger partial charge < -0.3 is 10.6 Å². The van der Waals surface area contributed by atoms with E-state index in [0.717, 1.165) is 37.5 Å². The summed E-state index contributed by atoms with van der Waals surface area (Å²) in [4.78, 5) is 4.17. The maximum absolute atomic E-state index is 12.7. The third kappa shape index (κ3) is 6.79. The minimum absolute atomic E-state index is 0.190. The Morgan fingerprint density at radius 3 is 2.42 bits per heavy atom. The van der Waals surface area contributed by atoms with Gasteiger partial charge in [-0.2, -0.15) is 0 Å². The van der Waals surface area contributed by atoms with Crippen molar-refractivity contribution in [1.29, 1.82) is 0 Å². The molecule has 0 aliphatic rings. The molecule has 0 spiro atoms. The summed E-state index contributed by atoms with van der Waals surface area (Å²) < 4.78 is 12.7. The molecule has 0 aromatic heterocycles. The van der Waals surface area contributed by atoms with Gasteiger partial charge in [0.2, 0.25) is 0 Å². The summed E-state index contributed by atoms with van der Waals surface area (Å²) in [5.41, 5.74) is 1.12. The highest BCUT2D eigenvalue weighted by Gasteiger charge is 1.98. The number of aliphatic imine (C=N–C) groups is 1. The van der Waals surface area contributed by atoms with Gasteiger partial charge in [-0.05, 0) is 30.5 Å². The van der Waals surface area contributed by atoms with Crippen LogP contribution < -0.4 is 10.6 Å². The summed E-state index contributed by atoms with van der Waals surface area (Å²) >= 11 is 0. The van der Waals surface area contributed by atoms with Gasteiger partial charge in [0.25, 0.3) is 0 Å². The largest absolute Gasteiger partial charge is 0.356 e. The molecular weight excluding hydrogens is 241 g/mol. The highest BCUT2D eigenvalue weighted by atomic mass is 19.1. The first-order valence-electron chi connectivity index (χ1n) is 6.95. The number of guanidine groups is 1. The zero-order valence-corrected chi connectivity index (χ0v) is 11.9. The van der Waals surface area contributed by atoms with E-state index in [1.165, 1.54) is 25.0 Å². The summed E-state index contributed by atoms with van der Waals surface area (Å²) in [6, 6.07) is 6.61. The Hall–Kier alpha value is -1.58. The monoisotopic (exact) mass is 265 g/mol. The van der Waals surface area contributed by atoms with Crippen LogP contribution in [0, 0.1) is 5.82 Å². The zero-order chi connectivity index (χ0) is 13.9. The molecule has 0 heterocycles. The fourth-order valence-corrected chi connectivity index (χ4v) is 1.78. The van der Waals surface area contributed by atoms with Crippen molar-refractivity contribution in [2.45, 2.75) is 32.6 Å². The van der Waals surface area contributed by atoms with Crippen LogP contribution >= 0.6 is 0 Å². The van der Waals surface area contributed by atoms with Crippen molar-refractivity contribution < 1.29 is 4.39 Å². The number of nitrogens with one attached hydrogen (secondary N) is 2. The van der Waals surface area contributed by atoms with Crippen LogP contribution in [0.1, 0.15) is 31.7 Å². The summed E-state index contributed by atoms with van der Waals surface area (Å²) in [5, 5.41) is 6.53. The molecule has 0 amide bonds. The fraction of sp³-hybridized carbons (Fsp3) is 0.533. The SMILES string of the molecule is CCCCCNC(=NC)NCCc1ccc(F)cc1. The molecule has 1 aromatic rings. The first kappa shape index (κ1) is 15.5. The lowest BCUT2D eigenvalue weighted by atomic mass is 10.1. The highest BCUT2D eigenvalue weighted by molar-refractivity contribution is 5.79. The van der Waals surface area contributed by atoms with Gasteiger partial charge in [-0.1, -0.05) is 31.9 Å². The van der Waals surface area contributed by atoms with Gasteiger partial charge >= 0.3 is 0 Å². The molecule has 0 bridgehead atoms. The van der Waals surface area contributed by atoms with E-state index in [-0.39, 0.29) is 5.82 Å². The average Bonchev–Trinajstić information content (AvgIpc) is 2.43. The Balaban J connectivity index is 2.20. The number of benzene rings is 1. The molecule has 3 nitrogen and oxygen atoms in total. The third-order valence-electron chi connectivity index (χ3n) is 2.92. The molecule has 0 fully saturated rings. The van der Waals surface area contributed by atoms with Crippen molar-refractivity contribution in [2.24, 2.45) is 4.99 Å². The van der Waals surface area contributed by atoms with Crippen molar-refractivity contribution in [2.75, 3.05) is 20.1 Å². The topological polar surface area (TPSA) is 36.4 Å². The van der Waals surface area contributed by atoms with E-state index >= 15 is 0 Å². The van der Waals surface area contributed by atoms with Crippen molar-refractivity contribution >= 4 is 5.96 Å². The first-order valence-corrected chi connectivity index (χ1v) is 6.95. The van der Waals surface area contributed by atoms with Gasteiger partial charge in [-0.15, -0.1) is 0 Å². The molecule has 0 saturated heterocycles. The lowest BCUT2D eigenvalue weighted by Gasteiger charge is -2.11. The van der Waals surface area contributed by atoms with Gasteiger partial charge in [0.05, 0.1) is 0 Å². The summed E-state index contributed by atoms with van der Waals surface area (Å²) in [5.74, 6) is 0.642. The fourth-order valence-electron chi connectivity index (χ4n) is 1.78. The highest BCUT2D eigenvalue weighted by Crippen LogP contribution is 2.02.